The zero-order valence-corrected chi connectivity index (χ0v) is 29.2. The summed E-state index contributed by atoms with van der Waals surface area (Å²) >= 11 is 4.02. The molecule has 0 unspecified atom stereocenters. The highest BCUT2D eigenvalue weighted by molar-refractivity contribution is 8.03. The number of anilines is 6. The summed E-state index contributed by atoms with van der Waals surface area (Å²) in [5.41, 5.74) is 5.82. The summed E-state index contributed by atoms with van der Waals surface area (Å²) in [4.78, 5) is 29.8. The average molecular weight is 683 g/mol. The molecule has 1 heterocycles. The molecule has 5 rings (SSSR count). The van der Waals surface area contributed by atoms with Crippen LogP contribution in [0, 0.1) is 0 Å². The van der Waals surface area contributed by atoms with Crippen LogP contribution < -0.4 is 20.4 Å². The Bertz CT molecular complexity index is 1600. The average Bonchev–Trinajstić information content (AvgIpc) is 3.53. The van der Waals surface area contributed by atoms with Gasteiger partial charge >= 0.3 is 0 Å². The molecule has 2 amide bonds. The van der Waals surface area contributed by atoms with E-state index in [1.54, 1.807) is 0 Å². The lowest BCUT2D eigenvalue weighted by atomic mass is 10.2. The van der Waals surface area contributed by atoms with Gasteiger partial charge in [-0.3, -0.25) is 9.59 Å². The fourth-order valence-electron chi connectivity index (χ4n) is 5.04. The first kappa shape index (κ1) is 34.0. The van der Waals surface area contributed by atoms with Crippen molar-refractivity contribution in [1.29, 1.82) is 0 Å². The number of nitrogens with one attached hydrogen (secondary N) is 2. The molecule has 4 aromatic carbocycles. The molecule has 0 saturated carbocycles. The van der Waals surface area contributed by atoms with Gasteiger partial charge in [-0.25, -0.2) is 0 Å². The lowest BCUT2D eigenvalue weighted by Gasteiger charge is -2.29. The van der Waals surface area contributed by atoms with Crippen molar-refractivity contribution in [2.75, 3.05) is 31.9 Å². The van der Waals surface area contributed by atoms with Gasteiger partial charge in [0.1, 0.15) is 0 Å². The van der Waals surface area contributed by atoms with Gasteiger partial charge < -0.3 is 20.4 Å². The lowest BCUT2D eigenvalue weighted by molar-refractivity contribution is -0.114. The third-order valence-electron chi connectivity index (χ3n) is 7.00. The molecule has 8 nitrogen and oxygen atoms in total. The van der Waals surface area contributed by atoms with Crippen LogP contribution in [0.15, 0.2) is 118 Å². The van der Waals surface area contributed by atoms with E-state index >= 15 is 0 Å². The van der Waals surface area contributed by atoms with E-state index in [9.17, 15) is 9.59 Å². The van der Waals surface area contributed by atoms with Crippen LogP contribution >= 0.6 is 34.9 Å². The Morgan fingerprint density at radius 2 is 0.915 bits per heavy atom. The highest BCUT2D eigenvalue weighted by Crippen LogP contribution is 2.32. The highest BCUT2D eigenvalue weighted by Gasteiger charge is 2.15. The molecule has 0 radical (unpaired) electrons. The Labute approximate surface area is 289 Å². The number of para-hydroxylation sites is 2. The zero-order chi connectivity index (χ0) is 33.2. The molecule has 0 aliphatic carbocycles. The van der Waals surface area contributed by atoms with Gasteiger partial charge in [-0.05, 0) is 100 Å². The van der Waals surface area contributed by atoms with Crippen molar-refractivity contribution in [3.05, 3.63) is 109 Å². The molecule has 1 aromatic heterocycles. The van der Waals surface area contributed by atoms with Gasteiger partial charge in [0.25, 0.3) is 0 Å². The number of thioether (sulfide) groups is 2. The van der Waals surface area contributed by atoms with Gasteiger partial charge in [0.2, 0.25) is 11.8 Å². The summed E-state index contributed by atoms with van der Waals surface area (Å²) in [6.45, 7) is 8.61. The Balaban J connectivity index is 1.06. The smallest absolute Gasteiger partial charge is 0.234 e. The van der Waals surface area contributed by atoms with Crippen molar-refractivity contribution in [2.45, 2.75) is 48.5 Å². The zero-order valence-electron chi connectivity index (χ0n) is 26.8. The van der Waals surface area contributed by atoms with E-state index in [0.717, 1.165) is 34.1 Å². The minimum absolute atomic E-state index is 0.124. The minimum atomic E-state index is -0.124. The normalized spacial score (nSPS) is 11.0. The third kappa shape index (κ3) is 9.60. The number of rotatable bonds is 14. The maximum atomic E-state index is 12.6. The van der Waals surface area contributed by atoms with Crippen molar-refractivity contribution in [2.24, 2.45) is 0 Å². The summed E-state index contributed by atoms with van der Waals surface area (Å²) in [5, 5.41) is 14.3. The summed E-state index contributed by atoms with van der Waals surface area (Å²) in [5.74, 6) is 0.166. The Hall–Kier alpha value is -4.32. The summed E-state index contributed by atoms with van der Waals surface area (Å²) < 4.78 is 1.36. The Kier molecular flexibility index (Phi) is 11.9. The Morgan fingerprint density at radius 3 is 1.26 bits per heavy atom. The first-order chi connectivity index (χ1) is 22.8. The van der Waals surface area contributed by atoms with E-state index in [2.05, 4.69) is 82.6 Å². The third-order valence-corrected chi connectivity index (χ3v) is 10.2. The lowest BCUT2D eigenvalue weighted by Crippen LogP contribution is -2.25. The molecule has 0 aliphatic heterocycles. The number of amides is 2. The Morgan fingerprint density at radius 1 is 0.574 bits per heavy atom. The topological polar surface area (TPSA) is 90.5 Å². The van der Waals surface area contributed by atoms with Crippen LogP contribution in [-0.4, -0.2) is 45.6 Å². The predicted octanol–water partition coefficient (Wildman–Crippen LogP) is 9.09. The number of nitrogens with zero attached hydrogens (tertiary/aromatic N) is 4. The van der Waals surface area contributed by atoms with Gasteiger partial charge in [-0.15, -0.1) is 10.2 Å². The molecule has 0 spiro atoms. The van der Waals surface area contributed by atoms with Crippen LogP contribution in [0.5, 0.6) is 0 Å². The maximum Gasteiger partial charge on any atom is 0.234 e. The second-order valence-electron chi connectivity index (χ2n) is 11.2. The van der Waals surface area contributed by atoms with Crippen LogP contribution in [0.4, 0.5) is 34.1 Å². The number of benzene rings is 4. The van der Waals surface area contributed by atoms with Gasteiger partial charge in [0, 0.05) is 46.2 Å². The molecule has 0 fully saturated rings. The predicted molar refractivity (Wildman–Crippen MR) is 199 cm³/mol. The first-order valence-corrected chi connectivity index (χ1v) is 18.1. The number of carbonyl (C=O) groups excluding carboxylic acids is 2. The second-order valence-corrected chi connectivity index (χ2v) is 14.6. The summed E-state index contributed by atoms with van der Waals surface area (Å²) in [6, 6.07) is 36.8. The van der Waals surface area contributed by atoms with Crippen molar-refractivity contribution in [3.63, 3.8) is 0 Å². The molecule has 47 heavy (non-hydrogen) atoms. The molecule has 0 atom stereocenters. The van der Waals surface area contributed by atoms with Crippen LogP contribution in [0.1, 0.15) is 27.7 Å². The minimum Gasteiger partial charge on any atom is -0.339 e. The van der Waals surface area contributed by atoms with Crippen molar-refractivity contribution < 1.29 is 9.59 Å². The van der Waals surface area contributed by atoms with Gasteiger partial charge in [-0.2, -0.15) is 0 Å². The molecule has 2 N–H and O–H groups in total. The van der Waals surface area contributed by atoms with Crippen LogP contribution in [-0.2, 0) is 9.59 Å². The van der Waals surface area contributed by atoms with Crippen molar-refractivity contribution in [3.8, 4) is 0 Å². The van der Waals surface area contributed by atoms with Crippen LogP contribution in [0.3, 0.4) is 0 Å². The number of aromatic nitrogens is 2. The SMILES string of the molecule is CC(C)N(c1ccccc1)c1ccc(NC(=O)CSc2nnc(SCC(=O)Nc3ccc(N(c4ccccc4)C(C)C)cc3)s2)cc1. The van der Waals surface area contributed by atoms with E-state index in [4.69, 9.17) is 0 Å². The van der Waals surface area contributed by atoms with E-state index in [0.29, 0.717) is 8.68 Å². The van der Waals surface area contributed by atoms with Gasteiger partial charge in [-0.1, -0.05) is 71.3 Å². The standard InChI is InChI=1S/C36H38N6O2S3/c1-25(2)41(29-11-7-5-8-12-29)31-19-15-27(16-20-31)37-33(43)23-45-35-39-40-36(47-35)46-24-34(44)38-28-17-21-32(22-18-28)42(26(3)4)30-13-9-6-10-14-30/h5-22,25-26H,23-24H2,1-4H3,(H,37,43)(H,38,44). The van der Waals surface area contributed by atoms with Gasteiger partial charge in [0.05, 0.1) is 11.5 Å². The van der Waals surface area contributed by atoms with E-state index in [1.165, 1.54) is 34.9 Å². The highest BCUT2D eigenvalue weighted by atomic mass is 32.2. The molecule has 0 aliphatic rings. The number of hydrogen-bond donors (Lipinski definition) is 2. The fourth-order valence-corrected chi connectivity index (χ4v) is 7.66. The second kappa shape index (κ2) is 16.5. The van der Waals surface area contributed by atoms with E-state index in [-0.39, 0.29) is 35.4 Å². The molecule has 0 saturated heterocycles. The van der Waals surface area contributed by atoms with Gasteiger partial charge in [0.15, 0.2) is 8.68 Å². The summed E-state index contributed by atoms with van der Waals surface area (Å²) in [6.07, 6.45) is 0. The largest absolute Gasteiger partial charge is 0.339 e. The van der Waals surface area contributed by atoms with Crippen molar-refractivity contribution in [1.82, 2.24) is 10.2 Å². The maximum absolute atomic E-state index is 12.6. The molecule has 242 valence electrons. The quantitative estimate of drug-likeness (QED) is 0.112. The van der Waals surface area contributed by atoms with E-state index < -0.39 is 0 Å². The first-order valence-electron chi connectivity index (χ1n) is 15.3. The van der Waals surface area contributed by atoms with Crippen molar-refractivity contribution >= 4 is 80.8 Å². The molecule has 5 aromatic rings. The van der Waals surface area contributed by atoms with E-state index in [1.807, 2.05) is 84.9 Å². The monoisotopic (exact) mass is 682 g/mol. The van der Waals surface area contributed by atoms with Crippen LogP contribution in [0.25, 0.3) is 0 Å². The fraction of sp³-hybridized carbons (Fsp3) is 0.222. The molecular weight excluding hydrogens is 645 g/mol. The molecule has 0 bridgehead atoms. The molecule has 11 heteroatoms. The summed E-state index contributed by atoms with van der Waals surface area (Å²) in [7, 11) is 0. The number of carbonyl (C=O) groups is 2. The molecular formula is C36H38N6O2S3. The number of hydrogen-bond acceptors (Lipinski definition) is 9. The van der Waals surface area contributed by atoms with Crippen LogP contribution in [0.2, 0.25) is 0 Å².